The summed E-state index contributed by atoms with van der Waals surface area (Å²) in [4.78, 5) is 24.5. The van der Waals surface area contributed by atoms with E-state index in [9.17, 15) is 14.7 Å². The molecule has 0 radical (unpaired) electrons. The largest absolute Gasteiger partial charge is 0.507 e. The highest BCUT2D eigenvalue weighted by atomic mass is 16.5. The van der Waals surface area contributed by atoms with Gasteiger partial charge in [0.25, 0.3) is 5.91 Å². The van der Waals surface area contributed by atoms with Crippen molar-refractivity contribution in [2.45, 2.75) is 26.7 Å². The molecule has 1 unspecified atom stereocenters. The summed E-state index contributed by atoms with van der Waals surface area (Å²) in [7, 11) is 1.52. The smallest absolute Gasteiger partial charge is 0.257 e. The summed E-state index contributed by atoms with van der Waals surface area (Å²) in [6.45, 7) is 6.17. The fraction of sp³-hybridized carbons (Fsp3) is 0.304. The number of carbonyl (C=O) groups is 2. The molecule has 0 fully saturated rings. The minimum absolute atomic E-state index is 0.0116. The van der Waals surface area contributed by atoms with Crippen LogP contribution >= 0.6 is 0 Å². The molecule has 0 saturated carbocycles. The standard InChI is InChI=1S/C23H25NO5/c1-5-24-20(26)12-29-18-9-7-15(11-19(18)28-4)10-16-14(3)21-13(2)6-8-17(25)22(21)23(16)27/h6-11,14,25H,5,12H2,1-4H3,(H,24,26)/b16-10+. The summed E-state index contributed by atoms with van der Waals surface area (Å²) in [5.41, 5.74) is 3.62. The zero-order valence-corrected chi connectivity index (χ0v) is 17.0. The highest BCUT2D eigenvalue weighted by Crippen LogP contribution is 2.44. The van der Waals surface area contributed by atoms with Crippen molar-refractivity contribution in [2.75, 3.05) is 20.3 Å². The minimum atomic E-state index is -0.209. The van der Waals surface area contributed by atoms with Crippen molar-refractivity contribution in [3.05, 3.63) is 58.2 Å². The number of nitrogens with one attached hydrogen (secondary N) is 1. The number of amides is 1. The Morgan fingerprint density at radius 2 is 2.00 bits per heavy atom. The number of carbonyl (C=O) groups excluding carboxylic acids is 2. The van der Waals surface area contributed by atoms with E-state index in [0.717, 1.165) is 16.7 Å². The second kappa shape index (κ2) is 8.39. The van der Waals surface area contributed by atoms with Crippen molar-refractivity contribution in [1.82, 2.24) is 5.32 Å². The molecule has 0 bridgehead atoms. The summed E-state index contributed by atoms with van der Waals surface area (Å²) < 4.78 is 10.9. The number of ether oxygens (including phenoxy) is 2. The first-order valence-electron chi connectivity index (χ1n) is 9.53. The van der Waals surface area contributed by atoms with E-state index in [4.69, 9.17) is 9.47 Å². The van der Waals surface area contributed by atoms with E-state index in [1.807, 2.05) is 32.9 Å². The fourth-order valence-corrected chi connectivity index (χ4v) is 3.66. The number of hydrogen-bond donors (Lipinski definition) is 2. The van der Waals surface area contributed by atoms with Crippen LogP contribution in [0.25, 0.3) is 6.08 Å². The van der Waals surface area contributed by atoms with Gasteiger partial charge in [-0.15, -0.1) is 0 Å². The van der Waals surface area contributed by atoms with Crippen LogP contribution in [-0.2, 0) is 4.79 Å². The van der Waals surface area contributed by atoms with Gasteiger partial charge in [-0.25, -0.2) is 0 Å². The molecule has 0 saturated heterocycles. The van der Waals surface area contributed by atoms with Crippen molar-refractivity contribution in [2.24, 2.45) is 0 Å². The zero-order valence-electron chi connectivity index (χ0n) is 17.0. The quantitative estimate of drug-likeness (QED) is 0.730. The van der Waals surface area contributed by atoms with Crippen LogP contribution in [0, 0.1) is 6.92 Å². The lowest BCUT2D eigenvalue weighted by Crippen LogP contribution is -2.28. The van der Waals surface area contributed by atoms with E-state index in [-0.39, 0.29) is 30.0 Å². The number of benzene rings is 2. The molecular weight excluding hydrogens is 370 g/mol. The number of ketones is 1. The molecule has 152 valence electrons. The number of hydrogen-bond acceptors (Lipinski definition) is 5. The first kappa shape index (κ1) is 20.5. The number of fused-ring (bicyclic) bond motifs is 1. The molecule has 0 heterocycles. The maximum Gasteiger partial charge on any atom is 0.257 e. The summed E-state index contributed by atoms with van der Waals surface area (Å²) in [6.07, 6.45) is 1.81. The second-order valence-corrected chi connectivity index (χ2v) is 6.99. The van der Waals surface area contributed by atoms with Gasteiger partial charge in [0.1, 0.15) is 5.75 Å². The van der Waals surface area contributed by atoms with Gasteiger partial charge in [-0.3, -0.25) is 9.59 Å². The third-order valence-corrected chi connectivity index (χ3v) is 5.07. The van der Waals surface area contributed by atoms with E-state index in [1.165, 1.54) is 7.11 Å². The van der Waals surface area contributed by atoms with Gasteiger partial charge < -0.3 is 19.9 Å². The molecule has 6 heteroatoms. The molecule has 0 spiro atoms. The van der Waals surface area contributed by atoms with Crippen molar-refractivity contribution in [3.63, 3.8) is 0 Å². The number of likely N-dealkylation sites (N-methyl/N-ethyl adjacent to an activating group) is 1. The van der Waals surface area contributed by atoms with E-state index < -0.39 is 0 Å². The van der Waals surface area contributed by atoms with Crippen LogP contribution in [0.15, 0.2) is 35.9 Å². The van der Waals surface area contributed by atoms with Gasteiger partial charge in [-0.2, -0.15) is 0 Å². The first-order valence-corrected chi connectivity index (χ1v) is 9.53. The van der Waals surface area contributed by atoms with Crippen LogP contribution in [-0.4, -0.2) is 37.1 Å². The van der Waals surface area contributed by atoms with Crippen molar-refractivity contribution in [1.29, 1.82) is 0 Å². The predicted octanol–water partition coefficient (Wildman–Crippen LogP) is 3.61. The van der Waals surface area contributed by atoms with Gasteiger partial charge in [0, 0.05) is 18.0 Å². The second-order valence-electron chi connectivity index (χ2n) is 6.99. The highest BCUT2D eigenvalue weighted by Gasteiger charge is 2.35. The van der Waals surface area contributed by atoms with Gasteiger partial charge in [0.2, 0.25) is 0 Å². The number of aryl methyl sites for hydroxylation is 1. The molecule has 2 N–H and O–H groups in total. The summed E-state index contributed by atoms with van der Waals surface area (Å²) >= 11 is 0. The molecule has 0 aromatic heterocycles. The Bertz CT molecular complexity index is 993. The Balaban J connectivity index is 1.89. The molecule has 3 rings (SSSR count). The number of allylic oxidation sites excluding steroid dienone is 1. The molecule has 0 aliphatic heterocycles. The maximum atomic E-state index is 12.9. The third-order valence-electron chi connectivity index (χ3n) is 5.07. The normalized spacial score (nSPS) is 16.6. The lowest BCUT2D eigenvalue weighted by Gasteiger charge is -2.12. The molecule has 2 aromatic rings. The molecule has 1 aliphatic carbocycles. The summed E-state index contributed by atoms with van der Waals surface area (Å²) in [5, 5.41) is 12.8. The SMILES string of the molecule is CCNC(=O)COc1ccc(/C=C2/C(=O)c3c(O)ccc(C)c3C2C)cc1OC. The van der Waals surface area contributed by atoms with Gasteiger partial charge in [-0.05, 0) is 54.8 Å². The lowest BCUT2D eigenvalue weighted by atomic mass is 9.95. The van der Waals surface area contributed by atoms with Crippen LogP contribution in [0.1, 0.15) is 46.8 Å². The molecule has 1 amide bonds. The molecular formula is C23H25NO5. The van der Waals surface area contributed by atoms with Gasteiger partial charge >= 0.3 is 0 Å². The Hall–Kier alpha value is -3.28. The fourth-order valence-electron chi connectivity index (χ4n) is 3.66. The number of aromatic hydroxyl groups is 1. The van der Waals surface area contributed by atoms with Gasteiger partial charge in [0.05, 0.1) is 12.7 Å². The van der Waals surface area contributed by atoms with Crippen LogP contribution in [0.4, 0.5) is 0 Å². The third kappa shape index (κ3) is 3.97. The number of phenolic OH excluding ortho intramolecular Hbond substituents is 1. The van der Waals surface area contributed by atoms with Gasteiger partial charge in [-0.1, -0.05) is 19.1 Å². The first-order chi connectivity index (χ1) is 13.9. The number of rotatable bonds is 6. The van der Waals surface area contributed by atoms with Crippen LogP contribution < -0.4 is 14.8 Å². The molecule has 1 atom stereocenters. The molecule has 6 nitrogen and oxygen atoms in total. The van der Waals surface area contributed by atoms with E-state index >= 15 is 0 Å². The lowest BCUT2D eigenvalue weighted by molar-refractivity contribution is -0.123. The molecule has 29 heavy (non-hydrogen) atoms. The topological polar surface area (TPSA) is 84.9 Å². The van der Waals surface area contributed by atoms with E-state index in [2.05, 4.69) is 5.32 Å². The number of Topliss-reactive ketones (excluding diaryl/α,β-unsaturated/α-hetero) is 1. The van der Waals surface area contributed by atoms with Crippen LogP contribution in [0.3, 0.4) is 0 Å². The highest BCUT2D eigenvalue weighted by molar-refractivity contribution is 6.18. The predicted molar refractivity (Wildman–Crippen MR) is 111 cm³/mol. The Labute approximate surface area is 170 Å². The van der Waals surface area contributed by atoms with Crippen molar-refractivity contribution >= 4 is 17.8 Å². The average Bonchev–Trinajstić information content (AvgIpc) is 2.95. The number of phenols is 1. The monoisotopic (exact) mass is 395 g/mol. The van der Waals surface area contributed by atoms with Gasteiger partial charge in [0.15, 0.2) is 23.9 Å². The maximum absolute atomic E-state index is 12.9. The van der Waals surface area contributed by atoms with E-state index in [1.54, 1.807) is 24.3 Å². The van der Waals surface area contributed by atoms with E-state index in [0.29, 0.717) is 29.2 Å². The Morgan fingerprint density at radius 1 is 1.24 bits per heavy atom. The Morgan fingerprint density at radius 3 is 2.66 bits per heavy atom. The van der Waals surface area contributed by atoms with Crippen molar-refractivity contribution in [3.8, 4) is 17.2 Å². The number of methoxy groups -OCH3 is 1. The average molecular weight is 395 g/mol. The molecule has 2 aromatic carbocycles. The van der Waals surface area contributed by atoms with Crippen LogP contribution in [0.5, 0.6) is 17.2 Å². The summed E-state index contributed by atoms with van der Waals surface area (Å²) in [6, 6.07) is 8.66. The van der Waals surface area contributed by atoms with Crippen molar-refractivity contribution < 1.29 is 24.2 Å². The summed E-state index contributed by atoms with van der Waals surface area (Å²) in [5.74, 6) is 0.437. The zero-order chi connectivity index (χ0) is 21.1. The minimum Gasteiger partial charge on any atom is -0.507 e. The van der Waals surface area contributed by atoms with Crippen LogP contribution in [0.2, 0.25) is 0 Å². The molecule has 1 aliphatic rings. The Kier molecular flexibility index (Phi) is 5.92.